The molecule has 7 aromatic carbocycles. The van der Waals surface area contributed by atoms with E-state index in [9.17, 15) is 0 Å². The van der Waals surface area contributed by atoms with Crippen molar-refractivity contribution in [2.75, 3.05) is 0 Å². The lowest BCUT2D eigenvalue weighted by Gasteiger charge is -2.10. The number of rotatable bonds is 3. The smallest absolute Gasteiger partial charge is 0.227 e. The van der Waals surface area contributed by atoms with E-state index in [1.54, 1.807) is 0 Å². The molecule has 4 nitrogen and oxygen atoms in total. The van der Waals surface area contributed by atoms with E-state index < -0.39 is 0 Å². The van der Waals surface area contributed by atoms with Crippen molar-refractivity contribution in [2.45, 2.75) is 0 Å². The van der Waals surface area contributed by atoms with Crippen molar-refractivity contribution in [3.63, 3.8) is 0 Å². The van der Waals surface area contributed by atoms with Gasteiger partial charge in [0.1, 0.15) is 16.7 Å². The van der Waals surface area contributed by atoms with Gasteiger partial charge in [0, 0.05) is 27.4 Å². The Balaban J connectivity index is 1.02. The molecular weight excluding hydrogens is 552 g/mol. The van der Waals surface area contributed by atoms with Gasteiger partial charge in [-0.2, -0.15) is 0 Å². The molecule has 0 unspecified atom stereocenters. The van der Waals surface area contributed by atoms with Crippen LogP contribution in [0.2, 0.25) is 0 Å². The number of hydrogen-bond acceptors (Lipinski definition) is 3. The summed E-state index contributed by atoms with van der Waals surface area (Å²) in [6.07, 6.45) is 0. The van der Waals surface area contributed by atoms with E-state index in [0.29, 0.717) is 5.89 Å². The molecule has 45 heavy (non-hydrogen) atoms. The molecule has 0 aliphatic carbocycles. The zero-order chi connectivity index (χ0) is 29.5. The van der Waals surface area contributed by atoms with Crippen LogP contribution < -0.4 is 0 Å². The summed E-state index contributed by atoms with van der Waals surface area (Å²) < 4.78 is 14.6. The van der Waals surface area contributed by atoms with Crippen molar-refractivity contribution in [2.24, 2.45) is 0 Å². The van der Waals surface area contributed by atoms with Crippen LogP contribution in [0.3, 0.4) is 0 Å². The summed E-state index contributed by atoms with van der Waals surface area (Å²) in [6, 6.07) is 51.0. The lowest BCUT2D eigenvalue weighted by molar-refractivity contribution is 0.619. The van der Waals surface area contributed by atoms with Gasteiger partial charge in [0.25, 0.3) is 0 Å². The predicted octanol–water partition coefficient (Wildman–Crippen LogP) is 11.3. The number of fused-ring (bicyclic) bond motifs is 10. The fraction of sp³-hybridized carbons (Fsp3) is 0. The summed E-state index contributed by atoms with van der Waals surface area (Å²) >= 11 is 0. The molecule has 0 radical (unpaired) electrons. The molecule has 0 atom stereocenters. The van der Waals surface area contributed by atoms with Crippen molar-refractivity contribution in [1.29, 1.82) is 0 Å². The van der Waals surface area contributed by atoms with Gasteiger partial charge in [0.05, 0.1) is 16.4 Å². The van der Waals surface area contributed by atoms with E-state index in [-0.39, 0.29) is 0 Å². The standard InChI is InChI=1S/C41H24N2O2/c1-2-8-30-27(7-1)19-22-34-38(30)31-9-3-5-11-33(31)43(34)29-20-17-26(18-21-29)25-13-15-28(16-14-25)41-42-40-37(45-41)24-23-36-39(40)32-10-4-6-12-35(32)44-36/h1-24H. The summed E-state index contributed by atoms with van der Waals surface area (Å²) in [4.78, 5) is 4.92. The normalized spacial score (nSPS) is 12.0. The Bertz CT molecular complexity index is 2740. The van der Waals surface area contributed by atoms with Gasteiger partial charge < -0.3 is 13.4 Å². The molecule has 0 spiro atoms. The SMILES string of the molecule is c1ccc2c(c1)ccc1c2c2ccccc2n1-c1ccc(-c2ccc(-c3nc4c(ccc5oc6ccccc6c54)o3)cc2)cc1. The Morgan fingerprint density at radius 3 is 1.93 bits per heavy atom. The molecule has 4 heteroatoms. The second-order valence-corrected chi connectivity index (χ2v) is 11.6. The first kappa shape index (κ1) is 24.3. The maximum atomic E-state index is 6.22. The lowest BCUT2D eigenvalue weighted by Crippen LogP contribution is -1.93. The highest BCUT2D eigenvalue weighted by Crippen LogP contribution is 2.38. The number of para-hydroxylation sites is 2. The molecule has 0 bridgehead atoms. The summed E-state index contributed by atoms with van der Waals surface area (Å²) in [5.74, 6) is 0.601. The predicted molar refractivity (Wildman–Crippen MR) is 184 cm³/mol. The minimum Gasteiger partial charge on any atom is -0.456 e. The number of aromatic nitrogens is 2. The van der Waals surface area contributed by atoms with Gasteiger partial charge in [-0.05, 0) is 76.5 Å². The van der Waals surface area contributed by atoms with Gasteiger partial charge in [0.2, 0.25) is 5.89 Å². The van der Waals surface area contributed by atoms with Crippen LogP contribution in [0.25, 0.3) is 93.9 Å². The number of oxazole rings is 1. The van der Waals surface area contributed by atoms with Gasteiger partial charge in [0.15, 0.2) is 5.58 Å². The fourth-order valence-corrected chi connectivity index (χ4v) is 6.95. The third kappa shape index (κ3) is 3.57. The first-order chi connectivity index (χ1) is 22.3. The first-order valence-corrected chi connectivity index (χ1v) is 15.1. The van der Waals surface area contributed by atoms with Crippen molar-refractivity contribution in [1.82, 2.24) is 9.55 Å². The molecule has 0 aliphatic heterocycles. The lowest BCUT2D eigenvalue weighted by atomic mass is 10.0. The fourth-order valence-electron chi connectivity index (χ4n) is 6.95. The quantitative estimate of drug-likeness (QED) is 0.210. The summed E-state index contributed by atoms with van der Waals surface area (Å²) in [6.45, 7) is 0. The zero-order valence-electron chi connectivity index (χ0n) is 24.1. The van der Waals surface area contributed by atoms with Gasteiger partial charge in [-0.1, -0.05) is 91.0 Å². The molecule has 10 rings (SSSR count). The molecule has 0 amide bonds. The van der Waals surface area contributed by atoms with E-state index in [1.807, 2.05) is 30.3 Å². The van der Waals surface area contributed by atoms with Crippen LogP contribution in [0.1, 0.15) is 0 Å². The molecule has 0 saturated heterocycles. The van der Waals surface area contributed by atoms with Crippen molar-refractivity contribution in [3.05, 3.63) is 146 Å². The third-order valence-electron chi connectivity index (χ3n) is 9.05. The van der Waals surface area contributed by atoms with Crippen molar-refractivity contribution in [3.8, 4) is 28.3 Å². The first-order valence-electron chi connectivity index (χ1n) is 15.1. The highest BCUT2D eigenvalue weighted by atomic mass is 16.4. The molecule has 0 fully saturated rings. The van der Waals surface area contributed by atoms with Gasteiger partial charge >= 0.3 is 0 Å². The topological polar surface area (TPSA) is 44.1 Å². The number of benzene rings is 7. The van der Waals surface area contributed by atoms with Crippen LogP contribution >= 0.6 is 0 Å². The van der Waals surface area contributed by atoms with Gasteiger partial charge in [-0.3, -0.25) is 0 Å². The Labute approximate surface area is 257 Å². The Kier molecular flexibility index (Phi) is 4.96. The van der Waals surface area contributed by atoms with Gasteiger partial charge in [-0.15, -0.1) is 0 Å². The highest BCUT2D eigenvalue weighted by Gasteiger charge is 2.17. The van der Waals surface area contributed by atoms with Crippen molar-refractivity contribution < 1.29 is 8.83 Å². The Morgan fingerprint density at radius 2 is 1.09 bits per heavy atom. The Hall–Kier alpha value is -6.13. The maximum Gasteiger partial charge on any atom is 0.227 e. The largest absolute Gasteiger partial charge is 0.456 e. The zero-order valence-corrected chi connectivity index (χ0v) is 24.1. The number of furan rings is 1. The number of hydrogen-bond donors (Lipinski definition) is 0. The molecule has 0 N–H and O–H groups in total. The molecular formula is C41H24N2O2. The van der Waals surface area contributed by atoms with E-state index in [0.717, 1.165) is 55.4 Å². The molecule has 210 valence electrons. The number of nitrogens with zero attached hydrogens (tertiary/aromatic N) is 2. The monoisotopic (exact) mass is 576 g/mol. The van der Waals surface area contributed by atoms with Crippen molar-refractivity contribution >= 4 is 65.6 Å². The van der Waals surface area contributed by atoms with Crippen LogP contribution in [-0.4, -0.2) is 9.55 Å². The van der Waals surface area contributed by atoms with Crippen LogP contribution in [0.15, 0.2) is 154 Å². The Morgan fingerprint density at radius 1 is 0.422 bits per heavy atom. The summed E-state index contributed by atoms with van der Waals surface area (Å²) in [5, 5.41) is 7.14. The second kappa shape index (κ2) is 9.18. The molecule has 0 aliphatic rings. The van der Waals surface area contributed by atoms with E-state index in [4.69, 9.17) is 13.8 Å². The van der Waals surface area contributed by atoms with Crippen LogP contribution in [0.5, 0.6) is 0 Å². The second-order valence-electron chi connectivity index (χ2n) is 11.6. The molecule has 3 heterocycles. The highest BCUT2D eigenvalue weighted by molar-refractivity contribution is 6.21. The summed E-state index contributed by atoms with van der Waals surface area (Å²) in [5.41, 5.74) is 10.0. The third-order valence-corrected chi connectivity index (χ3v) is 9.05. The maximum absolute atomic E-state index is 6.22. The summed E-state index contributed by atoms with van der Waals surface area (Å²) in [7, 11) is 0. The molecule has 3 aromatic heterocycles. The van der Waals surface area contributed by atoms with Crippen LogP contribution in [-0.2, 0) is 0 Å². The van der Waals surface area contributed by atoms with E-state index >= 15 is 0 Å². The average molecular weight is 577 g/mol. The van der Waals surface area contributed by atoms with E-state index in [1.165, 1.54) is 32.6 Å². The van der Waals surface area contributed by atoms with Crippen LogP contribution in [0.4, 0.5) is 0 Å². The molecule has 10 aromatic rings. The van der Waals surface area contributed by atoms with E-state index in [2.05, 4.69) is 120 Å². The van der Waals surface area contributed by atoms with Gasteiger partial charge in [-0.25, -0.2) is 4.98 Å². The minimum absolute atomic E-state index is 0.601. The average Bonchev–Trinajstić information content (AvgIpc) is 3.80. The van der Waals surface area contributed by atoms with Crippen LogP contribution in [0, 0.1) is 0 Å². The molecule has 0 saturated carbocycles. The minimum atomic E-state index is 0.601.